The van der Waals surface area contributed by atoms with Crippen molar-refractivity contribution in [2.24, 2.45) is 0 Å². The van der Waals surface area contributed by atoms with Crippen LogP contribution in [0.2, 0.25) is 0 Å². The fourth-order valence-corrected chi connectivity index (χ4v) is 2.96. The van der Waals surface area contributed by atoms with Gasteiger partial charge in [-0.2, -0.15) is 0 Å². The number of fused-ring (bicyclic) bond motifs is 1. The summed E-state index contributed by atoms with van der Waals surface area (Å²) in [7, 11) is 0. The van der Waals surface area contributed by atoms with Gasteiger partial charge >= 0.3 is 0 Å². The lowest BCUT2D eigenvalue weighted by Gasteiger charge is -2.20. The van der Waals surface area contributed by atoms with Crippen molar-refractivity contribution in [3.63, 3.8) is 0 Å². The number of rotatable bonds is 3. The summed E-state index contributed by atoms with van der Waals surface area (Å²) in [6, 6.07) is 13.2. The maximum absolute atomic E-state index is 13.7. The van der Waals surface area contributed by atoms with Gasteiger partial charge in [0.1, 0.15) is 24.8 Å². The molecule has 3 aromatic rings. The predicted octanol–water partition coefficient (Wildman–Crippen LogP) is 4.22. The summed E-state index contributed by atoms with van der Waals surface area (Å²) < 4.78 is 24.9. The highest BCUT2D eigenvalue weighted by Crippen LogP contribution is 2.37. The van der Waals surface area contributed by atoms with E-state index in [1.807, 2.05) is 25.1 Å². The van der Waals surface area contributed by atoms with Crippen LogP contribution in [0, 0.1) is 12.7 Å². The van der Waals surface area contributed by atoms with Gasteiger partial charge in [-0.3, -0.25) is 4.79 Å². The molecule has 0 unspecified atom stereocenters. The van der Waals surface area contributed by atoms with Gasteiger partial charge in [0.15, 0.2) is 11.5 Å². The van der Waals surface area contributed by atoms with E-state index >= 15 is 0 Å². The Morgan fingerprint density at radius 2 is 1.81 bits per heavy atom. The Morgan fingerprint density at radius 3 is 2.52 bits per heavy atom. The molecule has 1 aliphatic rings. The molecule has 0 aliphatic carbocycles. The van der Waals surface area contributed by atoms with Crippen LogP contribution in [0.3, 0.4) is 0 Å². The van der Waals surface area contributed by atoms with Crippen LogP contribution < -0.4 is 14.8 Å². The zero-order chi connectivity index (χ0) is 18.8. The van der Waals surface area contributed by atoms with Crippen molar-refractivity contribution in [1.82, 2.24) is 4.98 Å². The summed E-state index contributed by atoms with van der Waals surface area (Å²) in [4.78, 5) is 16.5. The number of carbonyl (C=O) groups is 1. The summed E-state index contributed by atoms with van der Waals surface area (Å²) >= 11 is 0. The molecule has 4 rings (SSSR count). The summed E-state index contributed by atoms with van der Waals surface area (Å²) in [5.74, 6) is 0.688. The molecule has 0 radical (unpaired) electrons. The van der Waals surface area contributed by atoms with Crippen molar-refractivity contribution in [3.05, 3.63) is 71.7 Å². The maximum atomic E-state index is 13.7. The van der Waals surface area contributed by atoms with E-state index in [0.717, 1.165) is 22.4 Å². The molecule has 0 fully saturated rings. The fourth-order valence-electron chi connectivity index (χ4n) is 2.96. The third kappa shape index (κ3) is 3.46. The Balaban J connectivity index is 1.56. The van der Waals surface area contributed by atoms with Crippen LogP contribution in [0.25, 0.3) is 11.1 Å². The Hall–Kier alpha value is -3.41. The minimum absolute atomic E-state index is 0.0222. The van der Waals surface area contributed by atoms with Crippen LogP contribution in [0.15, 0.2) is 54.7 Å². The molecule has 1 N–H and O–H groups in total. The molecule has 1 aliphatic heterocycles. The van der Waals surface area contributed by atoms with Crippen LogP contribution in [0.1, 0.15) is 15.9 Å². The van der Waals surface area contributed by atoms with E-state index < -0.39 is 11.7 Å². The number of benzene rings is 2. The highest BCUT2D eigenvalue weighted by molar-refractivity contribution is 6.04. The number of nitrogens with one attached hydrogen (secondary N) is 1. The molecule has 0 spiro atoms. The molecule has 1 aromatic heterocycles. The lowest BCUT2D eigenvalue weighted by molar-refractivity contribution is 0.102. The summed E-state index contributed by atoms with van der Waals surface area (Å²) in [6.07, 6.45) is 1.66. The standard InChI is InChI=1S/C21H17FN2O3/c1-13-10-18-19(27-9-8-26-18)11-16(13)14-6-7-20(23-12-14)24-21(25)15-4-2-3-5-17(15)22/h2-7,10-12H,8-9H2,1H3,(H,23,24,25). The molecule has 0 atom stereocenters. The minimum atomic E-state index is -0.571. The third-order valence-corrected chi connectivity index (χ3v) is 4.32. The summed E-state index contributed by atoms with van der Waals surface area (Å²) in [5, 5.41) is 2.61. The number of amides is 1. The molecule has 27 heavy (non-hydrogen) atoms. The Bertz CT molecular complexity index is 1000. The molecule has 6 heteroatoms. The number of hydrogen-bond donors (Lipinski definition) is 1. The van der Waals surface area contributed by atoms with Crippen LogP contribution >= 0.6 is 0 Å². The zero-order valence-electron chi connectivity index (χ0n) is 14.7. The number of aromatic nitrogens is 1. The van der Waals surface area contributed by atoms with E-state index in [2.05, 4.69) is 10.3 Å². The molecular formula is C21H17FN2O3. The van der Waals surface area contributed by atoms with E-state index in [1.54, 1.807) is 18.3 Å². The van der Waals surface area contributed by atoms with E-state index in [4.69, 9.17) is 9.47 Å². The van der Waals surface area contributed by atoms with Crippen LogP contribution in [0.5, 0.6) is 11.5 Å². The first-order valence-corrected chi connectivity index (χ1v) is 8.54. The molecule has 1 amide bonds. The molecule has 0 saturated heterocycles. The number of carbonyl (C=O) groups excluding carboxylic acids is 1. The number of anilines is 1. The Kier molecular flexibility index (Phi) is 4.46. The SMILES string of the molecule is Cc1cc2c(cc1-c1ccc(NC(=O)c3ccccc3F)nc1)OCCO2. The average molecular weight is 364 g/mol. The Morgan fingerprint density at radius 1 is 1.07 bits per heavy atom. The van der Waals surface area contributed by atoms with E-state index in [0.29, 0.717) is 24.8 Å². The van der Waals surface area contributed by atoms with Crippen LogP contribution in [-0.4, -0.2) is 24.1 Å². The van der Waals surface area contributed by atoms with E-state index in [1.165, 1.54) is 18.2 Å². The van der Waals surface area contributed by atoms with Gasteiger partial charge in [0.25, 0.3) is 5.91 Å². The zero-order valence-corrected chi connectivity index (χ0v) is 14.7. The second kappa shape index (κ2) is 7.07. The lowest BCUT2D eigenvalue weighted by Crippen LogP contribution is -2.15. The number of halogens is 1. The molecule has 5 nitrogen and oxygen atoms in total. The smallest absolute Gasteiger partial charge is 0.259 e. The minimum Gasteiger partial charge on any atom is -0.486 e. The van der Waals surface area contributed by atoms with Gasteiger partial charge in [0.2, 0.25) is 0 Å². The first kappa shape index (κ1) is 17.0. The van der Waals surface area contributed by atoms with E-state index in [9.17, 15) is 9.18 Å². The number of hydrogen-bond acceptors (Lipinski definition) is 4. The third-order valence-electron chi connectivity index (χ3n) is 4.32. The largest absolute Gasteiger partial charge is 0.486 e. The van der Waals surface area contributed by atoms with Gasteiger partial charge in [-0.25, -0.2) is 9.37 Å². The first-order chi connectivity index (χ1) is 13.1. The van der Waals surface area contributed by atoms with Gasteiger partial charge in [0.05, 0.1) is 5.56 Å². The van der Waals surface area contributed by atoms with Gasteiger partial charge in [-0.15, -0.1) is 0 Å². The van der Waals surface area contributed by atoms with Gasteiger partial charge in [0, 0.05) is 11.8 Å². The van der Waals surface area contributed by atoms with E-state index in [-0.39, 0.29) is 5.56 Å². The molecule has 136 valence electrons. The van der Waals surface area contributed by atoms with Crippen molar-refractivity contribution < 1.29 is 18.7 Å². The topological polar surface area (TPSA) is 60.5 Å². The number of nitrogens with zero attached hydrogens (tertiary/aromatic N) is 1. The first-order valence-electron chi connectivity index (χ1n) is 8.54. The van der Waals surface area contributed by atoms with Crippen molar-refractivity contribution in [2.75, 3.05) is 18.5 Å². The molecule has 0 bridgehead atoms. The number of ether oxygens (including phenoxy) is 2. The van der Waals surface area contributed by atoms with Gasteiger partial charge in [-0.05, 0) is 54.4 Å². The molecule has 0 saturated carbocycles. The molecular weight excluding hydrogens is 347 g/mol. The van der Waals surface area contributed by atoms with Gasteiger partial charge < -0.3 is 14.8 Å². The van der Waals surface area contributed by atoms with Crippen LogP contribution in [-0.2, 0) is 0 Å². The number of aryl methyl sites for hydroxylation is 1. The lowest BCUT2D eigenvalue weighted by atomic mass is 10.0. The molecule has 2 heterocycles. The highest BCUT2D eigenvalue weighted by atomic mass is 19.1. The van der Waals surface area contributed by atoms with Gasteiger partial charge in [-0.1, -0.05) is 12.1 Å². The summed E-state index contributed by atoms with van der Waals surface area (Å²) in [6.45, 7) is 3.06. The monoisotopic (exact) mass is 364 g/mol. The van der Waals surface area contributed by atoms with Crippen LogP contribution in [0.4, 0.5) is 10.2 Å². The fraction of sp³-hybridized carbons (Fsp3) is 0.143. The quantitative estimate of drug-likeness (QED) is 0.756. The van der Waals surface area contributed by atoms with Crippen molar-refractivity contribution >= 4 is 11.7 Å². The Labute approximate surface area is 155 Å². The second-order valence-corrected chi connectivity index (χ2v) is 6.18. The highest BCUT2D eigenvalue weighted by Gasteiger charge is 2.16. The molecule has 2 aromatic carbocycles. The number of pyridine rings is 1. The normalized spacial score (nSPS) is 12.5. The van der Waals surface area contributed by atoms with Crippen molar-refractivity contribution in [2.45, 2.75) is 6.92 Å². The average Bonchev–Trinajstić information content (AvgIpc) is 2.68. The maximum Gasteiger partial charge on any atom is 0.259 e. The van der Waals surface area contributed by atoms with Crippen molar-refractivity contribution in [1.29, 1.82) is 0 Å². The predicted molar refractivity (Wildman–Crippen MR) is 99.8 cm³/mol. The second-order valence-electron chi connectivity index (χ2n) is 6.18. The van der Waals surface area contributed by atoms with Crippen molar-refractivity contribution in [3.8, 4) is 22.6 Å². The summed E-state index contributed by atoms with van der Waals surface area (Å²) in [5.41, 5.74) is 2.86.